The Labute approximate surface area is 194 Å². The van der Waals surface area contributed by atoms with Crippen molar-refractivity contribution in [3.05, 3.63) is 89.2 Å². The summed E-state index contributed by atoms with van der Waals surface area (Å²) in [5, 5.41) is 0. The summed E-state index contributed by atoms with van der Waals surface area (Å²) in [7, 11) is -4.41. The second kappa shape index (κ2) is 8.44. The first-order valence-electron chi connectivity index (χ1n) is 10.6. The maximum atomic E-state index is 14.1. The van der Waals surface area contributed by atoms with Crippen LogP contribution in [0.5, 0.6) is 11.5 Å². The molecule has 3 aromatic carbocycles. The van der Waals surface area contributed by atoms with Gasteiger partial charge in [0.05, 0.1) is 5.92 Å². The Hall–Kier alpha value is -3.37. The van der Waals surface area contributed by atoms with Gasteiger partial charge < -0.3 is 9.64 Å². The number of carbonyl (C=O) groups is 1. The molecule has 0 aromatic heterocycles. The summed E-state index contributed by atoms with van der Waals surface area (Å²) in [6.45, 7) is -0.103. The third kappa shape index (κ3) is 3.63. The standard InChI is InChI=1S/C24H19F3N2O4S/c25-17-9-10-20(23(27)22(17)26)34(31,32)29-13-11-28(12-14-29)24(30)21-15-5-1-3-7-18(15)33-19-8-4-2-6-16(19)21/h1-10,21H,11-14H2. The molecular weight excluding hydrogens is 469 g/mol. The average Bonchev–Trinajstić information content (AvgIpc) is 2.85. The minimum Gasteiger partial charge on any atom is -0.457 e. The van der Waals surface area contributed by atoms with Crippen molar-refractivity contribution in [2.24, 2.45) is 0 Å². The molecule has 0 bridgehead atoms. The molecule has 1 amide bonds. The van der Waals surface area contributed by atoms with E-state index < -0.39 is 38.3 Å². The van der Waals surface area contributed by atoms with Crippen LogP contribution in [0.3, 0.4) is 0 Å². The maximum Gasteiger partial charge on any atom is 0.246 e. The Morgan fingerprint density at radius 1 is 0.794 bits per heavy atom. The third-order valence-corrected chi connectivity index (χ3v) is 8.01. The lowest BCUT2D eigenvalue weighted by atomic mass is 9.86. The van der Waals surface area contributed by atoms with Gasteiger partial charge in [-0.25, -0.2) is 21.6 Å². The van der Waals surface area contributed by atoms with Crippen molar-refractivity contribution in [1.29, 1.82) is 0 Å². The van der Waals surface area contributed by atoms with Gasteiger partial charge in [0.15, 0.2) is 17.5 Å². The second-order valence-electron chi connectivity index (χ2n) is 8.01. The molecule has 2 heterocycles. The van der Waals surface area contributed by atoms with E-state index in [0.29, 0.717) is 34.8 Å². The zero-order chi connectivity index (χ0) is 24.0. The molecule has 1 saturated heterocycles. The number of para-hydroxylation sites is 2. The van der Waals surface area contributed by atoms with Crippen LogP contribution in [0.1, 0.15) is 17.0 Å². The quantitative estimate of drug-likeness (QED) is 0.525. The molecule has 5 rings (SSSR count). The first kappa shape index (κ1) is 22.4. The summed E-state index contributed by atoms with van der Waals surface area (Å²) in [4.78, 5) is 14.2. The number of sulfonamides is 1. The van der Waals surface area contributed by atoms with Gasteiger partial charge in [0.1, 0.15) is 16.4 Å². The second-order valence-corrected chi connectivity index (χ2v) is 9.92. The van der Waals surface area contributed by atoms with Gasteiger partial charge in [0.2, 0.25) is 15.9 Å². The van der Waals surface area contributed by atoms with E-state index in [9.17, 15) is 26.4 Å². The van der Waals surface area contributed by atoms with Gasteiger partial charge >= 0.3 is 0 Å². The number of nitrogens with zero attached hydrogens (tertiary/aromatic N) is 2. The molecule has 0 atom stereocenters. The summed E-state index contributed by atoms with van der Waals surface area (Å²) < 4.78 is 73.6. The fourth-order valence-electron chi connectivity index (χ4n) is 4.35. The molecule has 0 unspecified atom stereocenters. The Bertz CT molecular complexity index is 1340. The van der Waals surface area contributed by atoms with Gasteiger partial charge in [0.25, 0.3) is 0 Å². The van der Waals surface area contributed by atoms with E-state index in [4.69, 9.17) is 4.74 Å². The highest BCUT2D eigenvalue weighted by Gasteiger charge is 2.38. The molecular formula is C24H19F3N2O4S. The van der Waals surface area contributed by atoms with E-state index in [1.807, 2.05) is 36.4 Å². The predicted molar refractivity (Wildman–Crippen MR) is 116 cm³/mol. The smallest absolute Gasteiger partial charge is 0.246 e. The zero-order valence-corrected chi connectivity index (χ0v) is 18.6. The number of piperazine rings is 1. The van der Waals surface area contributed by atoms with E-state index in [1.54, 1.807) is 17.0 Å². The van der Waals surface area contributed by atoms with E-state index in [0.717, 1.165) is 4.31 Å². The summed E-state index contributed by atoms with van der Waals surface area (Å²) >= 11 is 0. The molecule has 6 nitrogen and oxygen atoms in total. The molecule has 2 aliphatic heterocycles. The first-order chi connectivity index (χ1) is 16.3. The first-order valence-corrected chi connectivity index (χ1v) is 12.0. The number of amides is 1. The fraction of sp³-hybridized carbons (Fsp3) is 0.208. The van der Waals surface area contributed by atoms with Crippen molar-refractivity contribution >= 4 is 15.9 Å². The van der Waals surface area contributed by atoms with Crippen molar-refractivity contribution in [3.63, 3.8) is 0 Å². The summed E-state index contributed by atoms with van der Waals surface area (Å²) in [5.41, 5.74) is 1.43. The zero-order valence-electron chi connectivity index (χ0n) is 17.7. The number of hydrogen-bond donors (Lipinski definition) is 0. The molecule has 3 aromatic rings. The molecule has 0 N–H and O–H groups in total. The van der Waals surface area contributed by atoms with E-state index in [2.05, 4.69) is 0 Å². The number of benzene rings is 3. The van der Waals surface area contributed by atoms with Gasteiger partial charge in [-0.15, -0.1) is 0 Å². The Morgan fingerprint density at radius 3 is 1.94 bits per heavy atom. The SMILES string of the molecule is O=C(C1c2ccccc2Oc2ccccc21)N1CCN(S(=O)(=O)c2ccc(F)c(F)c2F)CC1. The lowest BCUT2D eigenvalue weighted by molar-refractivity contribution is -0.133. The van der Waals surface area contributed by atoms with Crippen molar-refractivity contribution in [2.75, 3.05) is 26.2 Å². The normalized spacial score (nSPS) is 16.5. The number of ether oxygens (including phenoxy) is 1. The van der Waals surface area contributed by atoms with Crippen LogP contribution in [-0.4, -0.2) is 49.7 Å². The summed E-state index contributed by atoms with van der Waals surface area (Å²) in [6.07, 6.45) is 0. The summed E-state index contributed by atoms with van der Waals surface area (Å²) in [6, 6.07) is 15.8. The highest BCUT2D eigenvalue weighted by molar-refractivity contribution is 7.89. The highest BCUT2D eigenvalue weighted by Crippen LogP contribution is 2.44. The monoisotopic (exact) mass is 488 g/mol. The van der Waals surface area contributed by atoms with Crippen LogP contribution in [0.2, 0.25) is 0 Å². The van der Waals surface area contributed by atoms with Crippen LogP contribution in [0.25, 0.3) is 0 Å². The Balaban J connectivity index is 1.38. The predicted octanol–water partition coefficient (Wildman–Crippen LogP) is 3.87. The number of fused-ring (bicyclic) bond motifs is 2. The Kier molecular flexibility index (Phi) is 5.57. The van der Waals surface area contributed by atoms with Crippen LogP contribution >= 0.6 is 0 Å². The van der Waals surface area contributed by atoms with Crippen molar-refractivity contribution in [2.45, 2.75) is 10.8 Å². The number of halogens is 3. The van der Waals surface area contributed by atoms with E-state index >= 15 is 0 Å². The average molecular weight is 488 g/mol. The molecule has 0 spiro atoms. The van der Waals surface area contributed by atoms with Crippen LogP contribution in [0.15, 0.2) is 65.6 Å². The molecule has 2 aliphatic rings. The van der Waals surface area contributed by atoms with E-state index in [-0.39, 0.29) is 32.1 Å². The molecule has 34 heavy (non-hydrogen) atoms. The molecule has 0 aliphatic carbocycles. The van der Waals surface area contributed by atoms with Gasteiger partial charge in [-0.2, -0.15) is 4.31 Å². The Morgan fingerprint density at radius 2 is 1.35 bits per heavy atom. The van der Waals surface area contributed by atoms with Crippen molar-refractivity contribution < 1.29 is 31.1 Å². The van der Waals surface area contributed by atoms with Crippen molar-refractivity contribution in [3.8, 4) is 11.5 Å². The molecule has 1 fully saturated rings. The van der Waals surface area contributed by atoms with Crippen molar-refractivity contribution in [1.82, 2.24) is 9.21 Å². The van der Waals surface area contributed by atoms with E-state index in [1.165, 1.54) is 0 Å². The lowest BCUT2D eigenvalue weighted by Gasteiger charge is -2.37. The fourth-order valence-corrected chi connectivity index (χ4v) is 5.83. The molecule has 0 radical (unpaired) electrons. The lowest BCUT2D eigenvalue weighted by Crippen LogP contribution is -2.51. The number of carbonyl (C=O) groups excluding carboxylic acids is 1. The van der Waals surface area contributed by atoms with Gasteiger partial charge in [-0.3, -0.25) is 4.79 Å². The third-order valence-electron chi connectivity index (χ3n) is 6.09. The maximum absolute atomic E-state index is 14.1. The van der Waals surface area contributed by atoms with Gasteiger partial charge in [-0.05, 0) is 24.3 Å². The van der Waals surface area contributed by atoms with Gasteiger partial charge in [0, 0.05) is 37.3 Å². The topological polar surface area (TPSA) is 66.9 Å². The number of rotatable bonds is 3. The van der Waals surface area contributed by atoms with Crippen LogP contribution in [0.4, 0.5) is 13.2 Å². The summed E-state index contributed by atoms with van der Waals surface area (Å²) in [5.74, 6) is -4.74. The van der Waals surface area contributed by atoms with Crippen LogP contribution < -0.4 is 4.74 Å². The van der Waals surface area contributed by atoms with Gasteiger partial charge in [-0.1, -0.05) is 36.4 Å². The molecule has 0 saturated carbocycles. The molecule has 10 heteroatoms. The molecule has 176 valence electrons. The van der Waals surface area contributed by atoms with Crippen LogP contribution in [0, 0.1) is 17.5 Å². The van der Waals surface area contributed by atoms with Crippen LogP contribution in [-0.2, 0) is 14.8 Å². The minimum atomic E-state index is -4.41. The highest BCUT2D eigenvalue weighted by atomic mass is 32.2. The minimum absolute atomic E-state index is 0.0606. The number of hydrogen-bond acceptors (Lipinski definition) is 4. The largest absolute Gasteiger partial charge is 0.457 e.